The minimum Gasteiger partial charge on any atom is -0.472 e. The van der Waals surface area contributed by atoms with Crippen molar-refractivity contribution >= 4 is 5.91 Å². The van der Waals surface area contributed by atoms with Crippen LogP contribution in [0.25, 0.3) is 0 Å². The molecule has 3 heterocycles. The van der Waals surface area contributed by atoms with Crippen molar-refractivity contribution in [3.8, 4) is 0 Å². The van der Waals surface area contributed by atoms with Crippen molar-refractivity contribution in [3.05, 3.63) is 42.4 Å². The number of rotatable bonds is 3. The molecule has 0 aliphatic carbocycles. The van der Waals surface area contributed by atoms with Gasteiger partial charge in [-0.15, -0.1) is 0 Å². The van der Waals surface area contributed by atoms with Crippen molar-refractivity contribution in [2.45, 2.75) is 18.6 Å². The van der Waals surface area contributed by atoms with Crippen LogP contribution in [0.3, 0.4) is 0 Å². The van der Waals surface area contributed by atoms with E-state index < -0.39 is 0 Å². The maximum atomic E-state index is 12.4. The fourth-order valence-corrected chi connectivity index (χ4v) is 2.46. The molecule has 100 valence electrons. The zero-order valence-electron chi connectivity index (χ0n) is 10.6. The van der Waals surface area contributed by atoms with E-state index in [4.69, 9.17) is 9.15 Å². The summed E-state index contributed by atoms with van der Waals surface area (Å²) in [5.74, 6) is 0.728. The Morgan fingerprint density at radius 2 is 2.53 bits per heavy atom. The van der Waals surface area contributed by atoms with Gasteiger partial charge in [0.2, 0.25) is 0 Å². The molecule has 2 aromatic heterocycles. The quantitative estimate of drug-likeness (QED) is 0.911. The molecule has 0 spiro atoms. The lowest BCUT2D eigenvalue weighted by Crippen LogP contribution is -2.32. The molecule has 0 aromatic carbocycles. The normalized spacial score (nSPS) is 22.9. The minimum absolute atomic E-state index is 0.0333. The van der Waals surface area contributed by atoms with Gasteiger partial charge in [-0.2, -0.15) is 0 Å². The number of nitrogens with zero attached hydrogens (tertiary/aromatic N) is 2. The second-order valence-corrected chi connectivity index (χ2v) is 4.55. The molecule has 1 N–H and O–H groups in total. The third kappa shape index (κ3) is 2.15. The first-order chi connectivity index (χ1) is 9.29. The Labute approximate surface area is 110 Å². The van der Waals surface area contributed by atoms with E-state index in [1.165, 1.54) is 12.5 Å². The Balaban J connectivity index is 1.87. The van der Waals surface area contributed by atoms with Gasteiger partial charge in [-0.25, -0.2) is 4.98 Å². The van der Waals surface area contributed by atoms with Crippen LogP contribution in [0.2, 0.25) is 0 Å². The molecule has 1 saturated heterocycles. The van der Waals surface area contributed by atoms with Gasteiger partial charge in [0.1, 0.15) is 12.1 Å². The molecule has 19 heavy (non-hydrogen) atoms. The number of carbonyl (C=O) groups excluding carboxylic acids is 1. The lowest BCUT2D eigenvalue weighted by Gasteiger charge is -2.22. The molecule has 1 aliphatic rings. The summed E-state index contributed by atoms with van der Waals surface area (Å²) in [4.78, 5) is 21.5. The minimum atomic E-state index is -0.0812. The van der Waals surface area contributed by atoms with Crippen LogP contribution in [-0.2, 0) is 4.74 Å². The third-order valence-electron chi connectivity index (χ3n) is 3.46. The van der Waals surface area contributed by atoms with Crippen LogP contribution >= 0.6 is 0 Å². The number of nitrogens with one attached hydrogen (secondary N) is 1. The van der Waals surface area contributed by atoms with E-state index in [-0.39, 0.29) is 18.1 Å². The SMILES string of the molecule is CO[C@@H]1CC(c2ncc[nH]2)N(C(=O)c2ccoc2)C1. The topological polar surface area (TPSA) is 71.4 Å². The average Bonchev–Trinajstić information content (AvgIpc) is 3.16. The van der Waals surface area contributed by atoms with Crippen LogP contribution in [0.15, 0.2) is 35.4 Å². The van der Waals surface area contributed by atoms with E-state index in [1.807, 2.05) is 0 Å². The summed E-state index contributed by atoms with van der Waals surface area (Å²) in [6.45, 7) is 0.561. The highest BCUT2D eigenvalue weighted by Crippen LogP contribution is 2.32. The van der Waals surface area contributed by atoms with Gasteiger partial charge in [-0.3, -0.25) is 4.79 Å². The van der Waals surface area contributed by atoms with Gasteiger partial charge in [-0.1, -0.05) is 0 Å². The van der Waals surface area contributed by atoms with E-state index in [9.17, 15) is 4.79 Å². The molecular formula is C13H15N3O3. The van der Waals surface area contributed by atoms with Crippen molar-refractivity contribution in [2.24, 2.45) is 0 Å². The maximum absolute atomic E-state index is 12.4. The molecular weight excluding hydrogens is 246 g/mol. The van der Waals surface area contributed by atoms with Crippen LogP contribution in [0, 0.1) is 0 Å². The molecule has 0 saturated carbocycles. The summed E-state index contributed by atoms with van der Waals surface area (Å²) < 4.78 is 10.4. The zero-order chi connectivity index (χ0) is 13.2. The zero-order valence-corrected chi connectivity index (χ0v) is 10.6. The van der Waals surface area contributed by atoms with E-state index in [1.54, 1.807) is 30.5 Å². The van der Waals surface area contributed by atoms with Crippen molar-refractivity contribution in [1.29, 1.82) is 0 Å². The summed E-state index contributed by atoms with van der Waals surface area (Å²) in [5, 5.41) is 0. The predicted molar refractivity (Wildman–Crippen MR) is 66.5 cm³/mol. The number of carbonyl (C=O) groups is 1. The fourth-order valence-electron chi connectivity index (χ4n) is 2.46. The lowest BCUT2D eigenvalue weighted by atomic mass is 10.2. The number of methoxy groups -OCH3 is 1. The summed E-state index contributed by atoms with van der Waals surface area (Å²) >= 11 is 0. The Morgan fingerprint density at radius 1 is 1.63 bits per heavy atom. The van der Waals surface area contributed by atoms with Crippen molar-refractivity contribution < 1.29 is 13.9 Å². The highest BCUT2D eigenvalue weighted by atomic mass is 16.5. The van der Waals surface area contributed by atoms with Crippen LogP contribution in [0.4, 0.5) is 0 Å². The number of hydrogen-bond acceptors (Lipinski definition) is 4. The fraction of sp³-hybridized carbons (Fsp3) is 0.385. The van der Waals surface area contributed by atoms with E-state index in [2.05, 4.69) is 9.97 Å². The van der Waals surface area contributed by atoms with Gasteiger partial charge < -0.3 is 19.0 Å². The number of aromatic amines is 1. The van der Waals surface area contributed by atoms with Gasteiger partial charge in [0.05, 0.1) is 24.0 Å². The molecule has 2 atom stereocenters. The highest BCUT2D eigenvalue weighted by Gasteiger charge is 2.38. The smallest absolute Gasteiger partial charge is 0.257 e. The third-order valence-corrected chi connectivity index (χ3v) is 3.46. The van der Waals surface area contributed by atoms with Gasteiger partial charge in [0.15, 0.2) is 0 Å². The number of furan rings is 1. The van der Waals surface area contributed by atoms with Gasteiger partial charge >= 0.3 is 0 Å². The largest absolute Gasteiger partial charge is 0.472 e. The van der Waals surface area contributed by atoms with E-state index in [0.29, 0.717) is 12.1 Å². The Morgan fingerprint density at radius 3 is 3.16 bits per heavy atom. The summed E-state index contributed by atoms with van der Waals surface area (Å²) in [6.07, 6.45) is 7.19. The van der Waals surface area contributed by atoms with Crippen molar-refractivity contribution in [1.82, 2.24) is 14.9 Å². The average molecular weight is 261 g/mol. The second-order valence-electron chi connectivity index (χ2n) is 4.55. The first-order valence-electron chi connectivity index (χ1n) is 6.15. The predicted octanol–water partition coefficient (Wildman–Crippen LogP) is 1.60. The number of ether oxygens (including phenoxy) is 1. The van der Waals surface area contributed by atoms with E-state index >= 15 is 0 Å². The van der Waals surface area contributed by atoms with Crippen molar-refractivity contribution in [2.75, 3.05) is 13.7 Å². The Kier molecular flexibility index (Phi) is 3.08. The monoisotopic (exact) mass is 261 g/mol. The first kappa shape index (κ1) is 12.0. The molecule has 6 heteroatoms. The van der Waals surface area contributed by atoms with Crippen LogP contribution < -0.4 is 0 Å². The molecule has 3 rings (SSSR count). The van der Waals surface area contributed by atoms with Gasteiger partial charge in [0.25, 0.3) is 5.91 Å². The number of aromatic nitrogens is 2. The number of hydrogen-bond donors (Lipinski definition) is 1. The molecule has 6 nitrogen and oxygen atoms in total. The molecule has 1 amide bonds. The lowest BCUT2D eigenvalue weighted by molar-refractivity contribution is 0.0684. The highest BCUT2D eigenvalue weighted by molar-refractivity contribution is 5.94. The van der Waals surface area contributed by atoms with Gasteiger partial charge in [-0.05, 0) is 6.07 Å². The van der Waals surface area contributed by atoms with Crippen LogP contribution in [0.1, 0.15) is 28.6 Å². The molecule has 0 radical (unpaired) electrons. The Hall–Kier alpha value is -2.08. The summed E-state index contributed by atoms with van der Waals surface area (Å²) in [7, 11) is 1.66. The molecule has 2 aromatic rings. The molecule has 1 aliphatic heterocycles. The second kappa shape index (κ2) is 4.89. The van der Waals surface area contributed by atoms with E-state index in [0.717, 1.165) is 12.2 Å². The number of H-pyrrole nitrogens is 1. The van der Waals surface area contributed by atoms with Gasteiger partial charge in [0, 0.05) is 32.5 Å². The summed E-state index contributed by atoms with van der Waals surface area (Å²) in [6, 6.07) is 1.59. The number of amides is 1. The molecule has 1 unspecified atom stereocenters. The summed E-state index contributed by atoms with van der Waals surface area (Å²) in [5.41, 5.74) is 0.549. The van der Waals surface area contributed by atoms with Crippen molar-refractivity contribution in [3.63, 3.8) is 0 Å². The Bertz CT molecular complexity index is 535. The number of likely N-dealkylation sites (tertiary alicyclic amines) is 1. The first-order valence-corrected chi connectivity index (χ1v) is 6.15. The molecule has 1 fully saturated rings. The number of imidazole rings is 1. The van der Waals surface area contributed by atoms with Crippen LogP contribution in [-0.4, -0.2) is 40.5 Å². The standard InChI is InChI=1S/C13H15N3O3/c1-18-10-6-11(12-14-3-4-15-12)16(7-10)13(17)9-2-5-19-8-9/h2-5,8,10-11H,6-7H2,1H3,(H,14,15)/t10-,11?/m1/s1. The van der Waals surface area contributed by atoms with Crippen LogP contribution in [0.5, 0.6) is 0 Å². The maximum Gasteiger partial charge on any atom is 0.257 e. The molecule has 0 bridgehead atoms.